The average molecular weight is 295 g/mol. The Morgan fingerprint density at radius 2 is 1.90 bits per heavy atom. The number of nitrogens with two attached hydrogens (primary N) is 1. The molecule has 1 heterocycles. The van der Waals surface area contributed by atoms with E-state index in [4.69, 9.17) is 22.6 Å². The summed E-state index contributed by atoms with van der Waals surface area (Å²) in [4.78, 5) is 4.13. The zero-order chi connectivity index (χ0) is 14.8. The van der Waals surface area contributed by atoms with Gasteiger partial charge < -0.3 is 11.1 Å². The maximum absolute atomic E-state index is 8.86. The first-order chi connectivity index (χ1) is 10.2. The van der Waals surface area contributed by atoms with Crippen molar-refractivity contribution in [3.63, 3.8) is 0 Å². The summed E-state index contributed by atoms with van der Waals surface area (Å²) in [5, 5.41) is 14.5. The number of nitrogen functional groups attached to an aromatic ring is 1. The lowest BCUT2D eigenvalue weighted by molar-refractivity contribution is 1.36. The lowest BCUT2D eigenvalue weighted by Gasteiger charge is -2.12. The van der Waals surface area contributed by atoms with Crippen LogP contribution in [-0.4, -0.2) is 4.98 Å². The van der Waals surface area contributed by atoms with Gasteiger partial charge in [-0.15, -0.1) is 0 Å². The van der Waals surface area contributed by atoms with Crippen LogP contribution in [0.2, 0.25) is 5.02 Å². The van der Waals surface area contributed by atoms with Gasteiger partial charge in [-0.1, -0.05) is 11.6 Å². The molecule has 3 N–H and O–H groups in total. The lowest BCUT2D eigenvalue weighted by Crippen LogP contribution is -1.95. The van der Waals surface area contributed by atoms with Crippen molar-refractivity contribution in [1.82, 2.24) is 4.98 Å². The van der Waals surface area contributed by atoms with Gasteiger partial charge in [0.2, 0.25) is 0 Å². The molecule has 0 saturated carbocycles. The number of anilines is 3. The maximum atomic E-state index is 8.86. The second-order valence-corrected chi connectivity index (χ2v) is 4.96. The van der Waals surface area contributed by atoms with Gasteiger partial charge in [-0.3, -0.25) is 4.98 Å². The summed E-state index contributed by atoms with van der Waals surface area (Å²) in [6.45, 7) is 0. The number of rotatable bonds is 2. The predicted octanol–water partition coefficient (Wildman–Crippen LogP) is 4.09. The molecule has 1 aromatic heterocycles. The largest absolute Gasteiger partial charge is 0.398 e. The fraction of sp³-hybridized carbons (Fsp3) is 0. The number of hydrogen-bond donors (Lipinski definition) is 2. The van der Waals surface area contributed by atoms with Gasteiger partial charge in [0.1, 0.15) is 0 Å². The first kappa shape index (κ1) is 13.2. The molecular formula is C16H11ClN4. The Bertz CT molecular complexity index is 868. The highest BCUT2D eigenvalue weighted by Crippen LogP contribution is 2.32. The molecule has 0 unspecified atom stereocenters. The number of benzene rings is 2. The minimum atomic E-state index is 0.489. The quantitative estimate of drug-likeness (QED) is 0.698. The Hall–Kier alpha value is -2.77. The molecule has 21 heavy (non-hydrogen) atoms. The van der Waals surface area contributed by atoms with Crippen LogP contribution in [0.3, 0.4) is 0 Å². The van der Waals surface area contributed by atoms with Crippen LogP contribution < -0.4 is 11.1 Å². The normalized spacial score (nSPS) is 10.3. The molecule has 0 aliphatic heterocycles. The number of nitriles is 1. The van der Waals surface area contributed by atoms with Crippen LogP contribution in [0.25, 0.3) is 10.8 Å². The van der Waals surface area contributed by atoms with Gasteiger partial charge in [0.05, 0.1) is 22.3 Å². The van der Waals surface area contributed by atoms with E-state index in [-0.39, 0.29) is 0 Å². The van der Waals surface area contributed by atoms with Gasteiger partial charge in [-0.25, -0.2) is 0 Å². The molecule has 4 nitrogen and oxygen atoms in total. The second kappa shape index (κ2) is 5.31. The molecular weight excluding hydrogens is 284 g/mol. The highest BCUT2D eigenvalue weighted by molar-refractivity contribution is 6.33. The van der Waals surface area contributed by atoms with Gasteiger partial charge in [0, 0.05) is 34.5 Å². The zero-order valence-corrected chi connectivity index (χ0v) is 11.7. The van der Waals surface area contributed by atoms with Crippen molar-refractivity contribution in [2.45, 2.75) is 0 Å². The number of pyridine rings is 1. The van der Waals surface area contributed by atoms with E-state index in [1.165, 1.54) is 0 Å². The van der Waals surface area contributed by atoms with Crippen molar-refractivity contribution in [1.29, 1.82) is 5.26 Å². The van der Waals surface area contributed by atoms with Crippen molar-refractivity contribution >= 4 is 39.4 Å². The van der Waals surface area contributed by atoms with Gasteiger partial charge in [-0.2, -0.15) is 5.26 Å². The Morgan fingerprint density at radius 1 is 1.10 bits per heavy atom. The van der Waals surface area contributed by atoms with E-state index in [1.807, 2.05) is 18.2 Å². The van der Waals surface area contributed by atoms with E-state index in [2.05, 4.69) is 16.4 Å². The molecule has 102 valence electrons. The van der Waals surface area contributed by atoms with Gasteiger partial charge in [0.15, 0.2) is 0 Å². The van der Waals surface area contributed by atoms with E-state index in [1.54, 1.807) is 30.6 Å². The third-order valence-corrected chi connectivity index (χ3v) is 3.53. The standard InChI is InChI=1S/C16H11ClN4/c17-13-7-10(8-18)1-3-16(13)21-15-4-2-14(19)11-5-6-20-9-12(11)15/h1-7,9,21H,19H2. The molecule has 5 heteroatoms. The maximum Gasteiger partial charge on any atom is 0.0992 e. The molecule has 2 aromatic carbocycles. The Morgan fingerprint density at radius 3 is 2.67 bits per heavy atom. The Balaban J connectivity index is 2.07. The van der Waals surface area contributed by atoms with Gasteiger partial charge in [0.25, 0.3) is 0 Å². The first-order valence-electron chi connectivity index (χ1n) is 6.28. The number of nitrogens with zero attached hydrogens (tertiary/aromatic N) is 2. The molecule has 3 rings (SSSR count). The van der Waals surface area contributed by atoms with Crippen LogP contribution in [0.4, 0.5) is 17.1 Å². The van der Waals surface area contributed by atoms with E-state index in [0.717, 1.165) is 22.1 Å². The molecule has 0 aliphatic rings. The Labute approximate surface area is 126 Å². The van der Waals surface area contributed by atoms with Crippen LogP contribution in [-0.2, 0) is 0 Å². The van der Waals surface area contributed by atoms with Crippen LogP contribution in [0.5, 0.6) is 0 Å². The third-order valence-electron chi connectivity index (χ3n) is 3.22. The summed E-state index contributed by atoms with van der Waals surface area (Å²) in [5.74, 6) is 0. The SMILES string of the molecule is N#Cc1ccc(Nc2ccc(N)c3ccncc23)c(Cl)c1. The molecule has 0 spiro atoms. The molecule has 0 radical (unpaired) electrons. The van der Waals surface area contributed by atoms with Crippen LogP contribution in [0.1, 0.15) is 5.56 Å². The Kier molecular flexibility index (Phi) is 3.35. The van der Waals surface area contributed by atoms with Crippen molar-refractivity contribution in [2.24, 2.45) is 0 Å². The topological polar surface area (TPSA) is 74.7 Å². The smallest absolute Gasteiger partial charge is 0.0992 e. The van der Waals surface area contributed by atoms with E-state index < -0.39 is 0 Å². The molecule has 0 saturated heterocycles. The average Bonchev–Trinajstić information content (AvgIpc) is 2.52. The highest BCUT2D eigenvalue weighted by atomic mass is 35.5. The summed E-state index contributed by atoms with van der Waals surface area (Å²) < 4.78 is 0. The third kappa shape index (κ3) is 2.47. The van der Waals surface area contributed by atoms with Crippen LogP contribution in [0, 0.1) is 11.3 Å². The van der Waals surface area contributed by atoms with Gasteiger partial charge >= 0.3 is 0 Å². The number of aromatic nitrogens is 1. The van der Waals surface area contributed by atoms with Crippen molar-refractivity contribution in [3.8, 4) is 6.07 Å². The number of hydrogen-bond acceptors (Lipinski definition) is 4. The van der Waals surface area contributed by atoms with Crippen molar-refractivity contribution < 1.29 is 0 Å². The molecule has 0 aliphatic carbocycles. The first-order valence-corrected chi connectivity index (χ1v) is 6.66. The monoisotopic (exact) mass is 294 g/mol. The fourth-order valence-electron chi connectivity index (χ4n) is 2.15. The van der Waals surface area contributed by atoms with E-state index in [0.29, 0.717) is 16.3 Å². The number of nitrogens with one attached hydrogen (secondary N) is 1. The lowest BCUT2D eigenvalue weighted by atomic mass is 10.1. The van der Waals surface area contributed by atoms with Crippen LogP contribution in [0.15, 0.2) is 48.8 Å². The van der Waals surface area contributed by atoms with Crippen molar-refractivity contribution in [2.75, 3.05) is 11.1 Å². The molecule has 0 atom stereocenters. The molecule has 0 bridgehead atoms. The second-order valence-electron chi connectivity index (χ2n) is 4.56. The minimum absolute atomic E-state index is 0.489. The molecule has 0 fully saturated rings. The minimum Gasteiger partial charge on any atom is -0.398 e. The van der Waals surface area contributed by atoms with Crippen molar-refractivity contribution in [3.05, 3.63) is 59.4 Å². The fourth-order valence-corrected chi connectivity index (χ4v) is 2.38. The summed E-state index contributed by atoms with van der Waals surface area (Å²) in [7, 11) is 0. The zero-order valence-electron chi connectivity index (χ0n) is 11.0. The predicted molar refractivity (Wildman–Crippen MR) is 85.6 cm³/mol. The van der Waals surface area contributed by atoms with E-state index >= 15 is 0 Å². The summed E-state index contributed by atoms with van der Waals surface area (Å²) >= 11 is 6.19. The molecule has 0 amide bonds. The summed E-state index contributed by atoms with van der Waals surface area (Å²) in [5.41, 5.74) is 8.78. The summed E-state index contributed by atoms with van der Waals surface area (Å²) in [6.07, 6.45) is 3.46. The van der Waals surface area contributed by atoms with Crippen LogP contribution >= 0.6 is 11.6 Å². The number of halogens is 1. The molecule has 3 aromatic rings. The summed E-state index contributed by atoms with van der Waals surface area (Å²) in [6, 6.07) is 12.8. The van der Waals surface area contributed by atoms with Gasteiger partial charge in [-0.05, 0) is 36.4 Å². The number of fused-ring (bicyclic) bond motifs is 1. The van der Waals surface area contributed by atoms with E-state index in [9.17, 15) is 0 Å². The highest BCUT2D eigenvalue weighted by Gasteiger charge is 2.07.